The number of esters is 1. The molecular formula is C16H22BrF2NO5. The first-order valence-electron chi connectivity index (χ1n) is 8.09. The molecule has 0 aliphatic carbocycles. The Hall–Kier alpha value is -1.22. The van der Waals surface area contributed by atoms with E-state index in [4.69, 9.17) is 14.2 Å². The van der Waals surface area contributed by atoms with Crippen LogP contribution in [0, 0.1) is 0 Å². The molecule has 0 aromatic carbocycles. The SMILES string of the molecule is C=C1[C@@H](Br)[C@H]2O[C@]1(C)[C@](OC(=O)N(CC)CC)(C(=O)OCC)C2(F)F. The van der Waals surface area contributed by atoms with Crippen molar-refractivity contribution >= 4 is 28.0 Å². The summed E-state index contributed by atoms with van der Waals surface area (Å²) in [6, 6.07) is 0. The fraction of sp³-hybridized carbons (Fsp3) is 0.750. The molecule has 4 atom stereocenters. The number of rotatable bonds is 5. The molecule has 2 fully saturated rings. The van der Waals surface area contributed by atoms with Crippen LogP contribution in [0.3, 0.4) is 0 Å². The molecule has 0 aromatic rings. The van der Waals surface area contributed by atoms with Crippen LogP contribution in [0.5, 0.6) is 0 Å². The van der Waals surface area contributed by atoms with Crippen LogP contribution < -0.4 is 0 Å². The van der Waals surface area contributed by atoms with Crippen molar-refractivity contribution in [2.45, 2.75) is 55.8 Å². The van der Waals surface area contributed by atoms with Gasteiger partial charge in [-0.05, 0) is 33.3 Å². The van der Waals surface area contributed by atoms with Gasteiger partial charge in [0, 0.05) is 13.1 Å². The van der Waals surface area contributed by atoms with Crippen LogP contribution in [-0.4, -0.2) is 64.7 Å². The van der Waals surface area contributed by atoms with Crippen LogP contribution in [0.1, 0.15) is 27.7 Å². The van der Waals surface area contributed by atoms with Gasteiger partial charge >= 0.3 is 23.6 Å². The number of fused-ring (bicyclic) bond motifs is 2. The number of carbonyl (C=O) groups excluding carboxylic acids is 2. The molecule has 9 heteroatoms. The average molecular weight is 426 g/mol. The lowest BCUT2D eigenvalue weighted by atomic mass is 9.70. The van der Waals surface area contributed by atoms with E-state index in [0.717, 1.165) is 0 Å². The van der Waals surface area contributed by atoms with Crippen LogP contribution in [-0.2, 0) is 19.0 Å². The highest BCUT2D eigenvalue weighted by atomic mass is 79.9. The van der Waals surface area contributed by atoms with E-state index in [1.54, 1.807) is 13.8 Å². The zero-order valence-corrected chi connectivity index (χ0v) is 16.2. The minimum absolute atomic E-state index is 0.148. The van der Waals surface area contributed by atoms with Gasteiger partial charge in [0.1, 0.15) is 11.7 Å². The summed E-state index contributed by atoms with van der Waals surface area (Å²) in [6.07, 6.45) is -2.73. The maximum atomic E-state index is 15.2. The Morgan fingerprint density at radius 1 is 1.32 bits per heavy atom. The molecule has 2 saturated heterocycles. The van der Waals surface area contributed by atoms with Crippen molar-refractivity contribution in [1.29, 1.82) is 0 Å². The van der Waals surface area contributed by atoms with E-state index >= 15 is 8.78 Å². The molecule has 25 heavy (non-hydrogen) atoms. The van der Waals surface area contributed by atoms with Gasteiger partial charge in [-0.1, -0.05) is 22.5 Å². The van der Waals surface area contributed by atoms with Crippen molar-refractivity contribution in [2.75, 3.05) is 19.7 Å². The first-order valence-corrected chi connectivity index (χ1v) is 9.00. The molecule has 1 amide bonds. The zero-order valence-electron chi connectivity index (χ0n) is 14.6. The van der Waals surface area contributed by atoms with E-state index in [0.29, 0.717) is 0 Å². The van der Waals surface area contributed by atoms with Crippen molar-refractivity contribution in [3.8, 4) is 0 Å². The first kappa shape index (κ1) is 20.1. The quantitative estimate of drug-likeness (QED) is 0.384. The van der Waals surface area contributed by atoms with E-state index in [1.807, 2.05) is 0 Å². The normalized spacial score (nSPS) is 35.6. The topological polar surface area (TPSA) is 65.1 Å². The highest BCUT2D eigenvalue weighted by molar-refractivity contribution is 9.09. The second kappa shape index (κ2) is 6.50. The molecule has 2 aliphatic rings. The van der Waals surface area contributed by atoms with E-state index in [9.17, 15) is 9.59 Å². The summed E-state index contributed by atoms with van der Waals surface area (Å²) in [6.45, 7) is 10.2. The molecule has 0 radical (unpaired) electrons. The van der Waals surface area contributed by atoms with Gasteiger partial charge in [0.25, 0.3) is 0 Å². The Morgan fingerprint density at radius 2 is 1.88 bits per heavy atom. The van der Waals surface area contributed by atoms with Gasteiger partial charge in [-0.15, -0.1) is 0 Å². The Bertz CT molecular complexity index is 597. The van der Waals surface area contributed by atoms with Gasteiger partial charge in [-0.25, -0.2) is 9.59 Å². The van der Waals surface area contributed by atoms with Gasteiger partial charge in [0.2, 0.25) is 0 Å². The Labute approximate surface area is 153 Å². The predicted octanol–water partition coefficient (Wildman–Crippen LogP) is 2.89. The average Bonchev–Trinajstić information content (AvgIpc) is 2.88. The van der Waals surface area contributed by atoms with Gasteiger partial charge in [0.05, 0.1) is 11.4 Å². The number of alkyl halides is 3. The molecule has 0 aromatic heterocycles. The summed E-state index contributed by atoms with van der Waals surface area (Å²) in [4.78, 5) is 25.4. The largest absolute Gasteiger partial charge is 0.463 e. The van der Waals surface area contributed by atoms with Crippen LogP contribution >= 0.6 is 15.9 Å². The molecule has 0 N–H and O–H groups in total. The maximum absolute atomic E-state index is 15.2. The minimum atomic E-state index is -3.80. The highest BCUT2D eigenvalue weighted by Crippen LogP contribution is 2.63. The highest BCUT2D eigenvalue weighted by Gasteiger charge is 2.87. The van der Waals surface area contributed by atoms with Crippen molar-refractivity contribution in [3.05, 3.63) is 12.2 Å². The lowest BCUT2D eigenvalue weighted by Gasteiger charge is -2.45. The summed E-state index contributed by atoms with van der Waals surface area (Å²) in [5, 5.41) is 0. The molecule has 2 bridgehead atoms. The van der Waals surface area contributed by atoms with Crippen molar-refractivity contribution in [2.24, 2.45) is 0 Å². The minimum Gasteiger partial charge on any atom is -0.463 e. The van der Waals surface area contributed by atoms with Gasteiger partial charge in [0.15, 0.2) is 0 Å². The Balaban J connectivity index is 2.58. The third-order valence-electron chi connectivity index (χ3n) is 4.90. The Kier molecular flexibility index (Phi) is 5.22. The Morgan fingerprint density at radius 3 is 2.32 bits per heavy atom. The standard InChI is InChI=1S/C16H22BrF2NO5/c1-6-20(7-2)13(22)25-15(12(21)23-8-3)14(5)9(4)10(17)11(24-14)16(15,18)19/h10-11H,4,6-8H2,1-3,5H3/t10-,11-,14+,15-/m1/s1. The number of halogens is 3. The van der Waals surface area contributed by atoms with Gasteiger partial charge in [-0.3, -0.25) is 0 Å². The fourth-order valence-electron chi connectivity index (χ4n) is 3.37. The summed E-state index contributed by atoms with van der Waals surface area (Å²) in [5.74, 6) is -5.14. The smallest absolute Gasteiger partial charge is 0.411 e. The molecule has 0 spiro atoms. The van der Waals surface area contributed by atoms with Crippen molar-refractivity contribution in [1.82, 2.24) is 4.90 Å². The van der Waals surface area contributed by atoms with Crippen LogP contribution in [0.2, 0.25) is 0 Å². The van der Waals surface area contributed by atoms with Gasteiger partial charge < -0.3 is 19.1 Å². The monoisotopic (exact) mass is 425 g/mol. The number of ether oxygens (including phenoxy) is 3. The molecule has 2 rings (SSSR count). The molecule has 6 nitrogen and oxygen atoms in total. The molecule has 2 aliphatic heterocycles. The number of hydrogen-bond donors (Lipinski definition) is 0. The second-order valence-electron chi connectivity index (χ2n) is 6.06. The first-order chi connectivity index (χ1) is 11.5. The molecular weight excluding hydrogens is 404 g/mol. The zero-order chi connectivity index (χ0) is 19.2. The molecule has 0 saturated carbocycles. The lowest BCUT2D eigenvalue weighted by molar-refractivity contribution is -0.218. The number of nitrogens with zero attached hydrogens (tertiary/aromatic N) is 1. The molecule has 0 unspecified atom stereocenters. The maximum Gasteiger partial charge on any atom is 0.411 e. The van der Waals surface area contributed by atoms with E-state index in [-0.39, 0.29) is 25.3 Å². The summed E-state index contributed by atoms with van der Waals surface area (Å²) >= 11 is 3.13. The van der Waals surface area contributed by atoms with E-state index < -0.39 is 40.1 Å². The number of amides is 1. The number of hydrogen-bond acceptors (Lipinski definition) is 5. The fourth-order valence-corrected chi connectivity index (χ4v) is 4.25. The summed E-state index contributed by atoms with van der Waals surface area (Å²) in [5.41, 5.74) is -4.64. The summed E-state index contributed by atoms with van der Waals surface area (Å²) < 4.78 is 46.0. The van der Waals surface area contributed by atoms with Crippen LogP contribution in [0.4, 0.5) is 13.6 Å². The number of carbonyl (C=O) groups is 2. The van der Waals surface area contributed by atoms with Crippen molar-refractivity contribution < 1.29 is 32.6 Å². The van der Waals surface area contributed by atoms with Crippen LogP contribution in [0.15, 0.2) is 12.2 Å². The predicted molar refractivity (Wildman–Crippen MR) is 88.8 cm³/mol. The van der Waals surface area contributed by atoms with E-state index in [1.165, 1.54) is 18.7 Å². The third-order valence-corrected chi connectivity index (χ3v) is 5.93. The third kappa shape index (κ3) is 2.42. The molecule has 142 valence electrons. The second-order valence-corrected chi connectivity index (χ2v) is 7.05. The van der Waals surface area contributed by atoms with Gasteiger partial charge in [-0.2, -0.15) is 8.78 Å². The lowest BCUT2D eigenvalue weighted by Crippen LogP contribution is -2.71. The summed E-state index contributed by atoms with van der Waals surface area (Å²) in [7, 11) is 0. The van der Waals surface area contributed by atoms with E-state index in [2.05, 4.69) is 22.5 Å². The van der Waals surface area contributed by atoms with Crippen molar-refractivity contribution in [3.63, 3.8) is 0 Å². The molecule has 2 heterocycles. The van der Waals surface area contributed by atoms with Crippen LogP contribution in [0.25, 0.3) is 0 Å².